The highest BCUT2D eigenvalue weighted by molar-refractivity contribution is 7.89. The molecular formula is C22H27FN2O4S. The first-order chi connectivity index (χ1) is 14.3. The molecule has 1 atom stereocenters. The maximum atomic E-state index is 13.6. The van der Waals surface area contributed by atoms with Gasteiger partial charge in [-0.25, -0.2) is 12.8 Å². The molecule has 1 heterocycles. The van der Waals surface area contributed by atoms with E-state index in [1.54, 1.807) is 19.2 Å². The molecular weight excluding hydrogens is 407 g/mol. The second kappa shape index (κ2) is 9.57. The van der Waals surface area contributed by atoms with Gasteiger partial charge in [-0.1, -0.05) is 19.1 Å². The number of piperidine rings is 1. The van der Waals surface area contributed by atoms with E-state index >= 15 is 0 Å². The van der Waals surface area contributed by atoms with Crippen molar-refractivity contribution in [3.8, 4) is 5.75 Å². The predicted octanol–water partition coefficient (Wildman–Crippen LogP) is 3.40. The van der Waals surface area contributed by atoms with E-state index < -0.39 is 15.8 Å². The predicted molar refractivity (Wildman–Crippen MR) is 112 cm³/mol. The molecule has 0 bridgehead atoms. The van der Waals surface area contributed by atoms with Gasteiger partial charge < -0.3 is 9.64 Å². The van der Waals surface area contributed by atoms with E-state index in [-0.39, 0.29) is 29.7 Å². The zero-order chi connectivity index (χ0) is 21.7. The zero-order valence-corrected chi connectivity index (χ0v) is 18.1. The van der Waals surface area contributed by atoms with Gasteiger partial charge >= 0.3 is 0 Å². The number of hydrogen-bond donors (Lipinski definition) is 0. The number of halogens is 1. The molecule has 3 rings (SSSR count). The average Bonchev–Trinajstić information content (AvgIpc) is 2.74. The summed E-state index contributed by atoms with van der Waals surface area (Å²) >= 11 is 0. The van der Waals surface area contributed by atoms with Crippen LogP contribution < -0.4 is 4.74 Å². The van der Waals surface area contributed by atoms with Crippen molar-refractivity contribution in [2.75, 3.05) is 33.3 Å². The van der Waals surface area contributed by atoms with Gasteiger partial charge in [0.15, 0.2) is 11.6 Å². The highest BCUT2D eigenvalue weighted by Gasteiger charge is 2.28. The standard InChI is InChI=1S/C22H27FN2O4S/c1-17-6-5-13-25(16-17)30(27,28)19-11-9-18(10-12-19)22(26)24(2)14-15-29-21-8-4-3-7-20(21)23/h3-4,7-12,17H,5-6,13-16H2,1-2H3/t17-/m0/s1. The van der Waals surface area contributed by atoms with Gasteiger partial charge in [0.25, 0.3) is 5.91 Å². The Hall–Kier alpha value is -2.45. The number of nitrogens with zero attached hydrogens (tertiary/aromatic N) is 2. The molecule has 2 aromatic carbocycles. The molecule has 0 aromatic heterocycles. The number of ether oxygens (including phenoxy) is 1. The number of sulfonamides is 1. The lowest BCUT2D eigenvalue weighted by Crippen LogP contribution is -2.39. The number of likely N-dealkylation sites (N-methyl/N-ethyl adjacent to an activating group) is 1. The van der Waals surface area contributed by atoms with E-state index in [4.69, 9.17) is 4.74 Å². The first-order valence-electron chi connectivity index (χ1n) is 10.0. The first-order valence-corrected chi connectivity index (χ1v) is 11.5. The van der Waals surface area contributed by atoms with Gasteiger partial charge in [0.2, 0.25) is 10.0 Å². The third kappa shape index (κ3) is 5.17. The fourth-order valence-corrected chi connectivity index (χ4v) is 5.06. The minimum atomic E-state index is -3.55. The average molecular weight is 435 g/mol. The van der Waals surface area contributed by atoms with Crippen LogP contribution in [0.15, 0.2) is 53.4 Å². The van der Waals surface area contributed by atoms with Gasteiger partial charge in [0, 0.05) is 25.7 Å². The van der Waals surface area contributed by atoms with E-state index in [0.717, 1.165) is 12.8 Å². The van der Waals surface area contributed by atoms with Crippen molar-refractivity contribution < 1.29 is 22.3 Å². The monoisotopic (exact) mass is 434 g/mol. The molecule has 0 saturated carbocycles. The number of rotatable bonds is 7. The van der Waals surface area contributed by atoms with Crippen molar-refractivity contribution in [1.82, 2.24) is 9.21 Å². The van der Waals surface area contributed by atoms with Crippen LogP contribution in [-0.2, 0) is 10.0 Å². The lowest BCUT2D eigenvalue weighted by atomic mass is 10.0. The topological polar surface area (TPSA) is 66.9 Å². The van der Waals surface area contributed by atoms with Crippen LogP contribution in [0.25, 0.3) is 0 Å². The zero-order valence-electron chi connectivity index (χ0n) is 17.3. The highest BCUT2D eigenvalue weighted by Crippen LogP contribution is 2.24. The summed E-state index contributed by atoms with van der Waals surface area (Å²) in [7, 11) is -1.94. The lowest BCUT2D eigenvalue weighted by molar-refractivity contribution is 0.0773. The maximum Gasteiger partial charge on any atom is 0.253 e. The third-order valence-electron chi connectivity index (χ3n) is 5.23. The highest BCUT2D eigenvalue weighted by atomic mass is 32.2. The molecule has 1 amide bonds. The van der Waals surface area contributed by atoms with Crippen molar-refractivity contribution >= 4 is 15.9 Å². The van der Waals surface area contributed by atoms with Crippen LogP contribution >= 0.6 is 0 Å². The van der Waals surface area contributed by atoms with Crippen LogP contribution in [0.2, 0.25) is 0 Å². The van der Waals surface area contributed by atoms with E-state index in [2.05, 4.69) is 6.92 Å². The summed E-state index contributed by atoms with van der Waals surface area (Å²) in [6, 6.07) is 12.1. The van der Waals surface area contributed by atoms with Crippen LogP contribution in [-0.4, -0.2) is 56.8 Å². The number of carbonyl (C=O) groups is 1. The summed E-state index contributed by atoms with van der Waals surface area (Å²) in [5.41, 5.74) is 0.384. The number of amides is 1. The molecule has 0 spiro atoms. The van der Waals surface area contributed by atoms with Crippen LogP contribution in [0.3, 0.4) is 0 Å². The molecule has 1 saturated heterocycles. The van der Waals surface area contributed by atoms with E-state index in [1.165, 1.54) is 45.6 Å². The number of carbonyl (C=O) groups excluding carboxylic acids is 1. The minimum Gasteiger partial charge on any atom is -0.489 e. The molecule has 0 N–H and O–H groups in total. The van der Waals surface area contributed by atoms with Crippen LogP contribution in [0.5, 0.6) is 5.75 Å². The largest absolute Gasteiger partial charge is 0.489 e. The molecule has 162 valence electrons. The second-order valence-corrected chi connectivity index (χ2v) is 9.58. The van der Waals surface area contributed by atoms with E-state index in [0.29, 0.717) is 24.6 Å². The summed E-state index contributed by atoms with van der Waals surface area (Å²) in [5.74, 6) is -0.233. The Morgan fingerprint density at radius 3 is 2.57 bits per heavy atom. The number of para-hydroxylation sites is 1. The van der Waals surface area contributed by atoms with Crippen molar-refractivity contribution in [2.24, 2.45) is 5.92 Å². The van der Waals surface area contributed by atoms with Crippen LogP contribution in [0, 0.1) is 11.7 Å². The summed E-state index contributed by atoms with van der Waals surface area (Å²) in [6.07, 6.45) is 1.89. The Bertz CT molecular complexity index is 979. The van der Waals surface area contributed by atoms with E-state index in [1.807, 2.05) is 0 Å². The summed E-state index contributed by atoms with van der Waals surface area (Å²) in [5, 5.41) is 0. The number of hydrogen-bond acceptors (Lipinski definition) is 4. The molecule has 30 heavy (non-hydrogen) atoms. The van der Waals surface area contributed by atoms with Gasteiger partial charge in [-0.3, -0.25) is 4.79 Å². The lowest BCUT2D eigenvalue weighted by Gasteiger charge is -2.30. The van der Waals surface area contributed by atoms with Gasteiger partial charge in [-0.2, -0.15) is 4.31 Å². The minimum absolute atomic E-state index is 0.139. The van der Waals surface area contributed by atoms with E-state index in [9.17, 15) is 17.6 Å². The van der Waals surface area contributed by atoms with Crippen molar-refractivity contribution in [3.63, 3.8) is 0 Å². The quantitative estimate of drug-likeness (QED) is 0.670. The Kier molecular flexibility index (Phi) is 7.10. The van der Waals surface area contributed by atoms with Crippen LogP contribution in [0.4, 0.5) is 4.39 Å². The van der Waals surface area contributed by atoms with Gasteiger partial charge in [-0.05, 0) is 55.2 Å². The Balaban J connectivity index is 1.59. The summed E-state index contributed by atoms with van der Waals surface area (Å²) in [6.45, 7) is 3.50. The number of benzene rings is 2. The second-order valence-electron chi connectivity index (χ2n) is 7.64. The SMILES string of the molecule is C[C@H]1CCCN(S(=O)(=O)c2ccc(C(=O)N(C)CCOc3ccccc3F)cc2)C1. The molecule has 6 nitrogen and oxygen atoms in total. The maximum absolute atomic E-state index is 13.6. The molecule has 8 heteroatoms. The fraction of sp³-hybridized carbons (Fsp3) is 0.409. The smallest absolute Gasteiger partial charge is 0.253 e. The molecule has 0 radical (unpaired) electrons. The Morgan fingerprint density at radius 2 is 1.90 bits per heavy atom. The van der Waals surface area contributed by atoms with Crippen molar-refractivity contribution in [3.05, 3.63) is 59.9 Å². The van der Waals surface area contributed by atoms with Crippen molar-refractivity contribution in [1.29, 1.82) is 0 Å². The molecule has 1 aliphatic rings. The molecule has 1 aliphatic heterocycles. The summed E-state index contributed by atoms with van der Waals surface area (Å²) in [4.78, 5) is 14.2. The molecule has 2 aromatic rings. The van der Waals surface area contributed by atoms with Gasteiger partial charge in [0.1, 0.15) is 6.61 Å². The van der Waals surface area contributed by atoms with Gasteiger partial charge in [0.05, 0.1) is 11.4 Å². The Labute approximate surface area is 177 Å². The first kappa shape index (κ1) is 22.2. The fourth-order valence-electron chi connectivity index (χ4n) is 3.46. The van der Waals surface area contributed by atoms with Crippen LogP contribution in [0.1, 0.15) is 30.1 Å². The Morgan fingerprint density at radius 1 is 1.20 bits per heavy atom. The van der Waals surface area contributed by atoms with Crippen molar-refractivity contribution in [2.45, 2.75) is 24.7 Å². The summed E-state index contributed by atoms with van der Waals surface area (Å²) < 4.78 is 46.1. The molecule has 1 fully saturated rings. The third-order valence-corrected chi connectivity index (χ3v) is 7.11. The molecule has 0 unspecified atom stereocenters. The molecule has 0 aliphatic carbocycles. The normalized spacial score (nSPS) is 17.5. The van der Waals surface area contributed by atoms with Gasteiger partial charge in [-0.15, -0.1) is 0 Å².